The van der Waals surface area contributed by atoms with E-state index in [1.807, 2.05) is 0 Å². The van der Waals surface area contributed by atoms with Crippen molar-refractivity contribution in [2.24, 2.45) is 0 Å². The monoisotopic (exact) mass is 287 g/mol. The first kappa shape index (κ1) is 16.5. The Morgan fingerprint density at radius 3 is 2.44 bits per heavy atom. The molecule has 0 fully saturated rings. The number of nitrogens with one attached hydrogen (secondary N) is 1. The molecule has 0 aliphatic heterocycles. The molecule has 0 aromatic heterocycles. The van der Waals surface area contributed by atoms with Crippen LogP contribution in [0.2, 0.25) is 5.02 Å². The molecule has 0 unspecified atom stereocenters. The average Bonchev–Trinajstić information content (AvgIpc) is 2.06. The number of hydrogen-bond donors (Lipinski definition) is 1. The van der Waals surface area contributed by atoms with Crippen molar-refractivity contribution in [2.45, 2.75) is 11.8 Å². The van der Waals surface area contributed by atoms with E-state index >= 15 is 0 Å². The largest absolute Gasteiger partial charge is 1.00 e. The molecule has 0 bridgehead atoms. The van der Waals surface area contributed by atoms with Gasteiger partial charge in [-0.1, -0.05) is 11.6 Å². The van der Waals surface area contributed by atoms with Crippen LogP contribution in [0.4, 0.5) is 5.69 Å². The van der Waals surface area contributed by atoms with E-state index in [1.165, 1.54) is 13.0 Å². The molecule has 0 saturated heterocycles. The SMILES string of the molecule is CC(=O)Nc1cc(S(=O)(=O)[O-])ccc1Cl.[K+]. The molecule has 0 aliphatic rings. The molecular formula is C8H7ClKNO4S. The minimum Gasteiger partial charge on any atom is -0.744 e. The minimum absolute atomic E-state index is 0. The predicted octanol–water partition coefficient (Wildman–Crippen LogP) is -1.79. The normalized spacial score (nSPS) is 10.4. The molecule has 5 nitrogen and oxygen atoms in total. The maximum Gasteiger partial charge on any atom is 1.00 e. The van der Waals surface area contributed by atoms with Crippen LogP contribution >= 0.6 is 11.6 Å². The molecule has 0 radical (unpaired) electrons. The zero-order valence-electron chi connectivity index (χ0n) is 8.65. The van der Waals surface area contributed by atoms with E-state index in [-0.39, 0.29) is 62.1 Å². The molecule has 82 valence electrons. The molecule has 1 aromatic rings. The van der Waals surface area contributed by atoms with E-state index in [9.17, 15) is 17.8 Å². The Morgan fingerprint density at radius 2 is 2.00 bits per heavy atom. The van der Waals surface area contributed by atoms with E-state index in [0.29, 0.717) is 0 Å². The van der Waals surface area contributed by atoms with Crippen molar-refractivity contribution in [1.82, 2.24) is 0 Å². The maximum atomic E-state index is 10.7. The van der Waals surface area contributed by atoms with Gasteiger partial charge < -0.3 is 9.87 Å². The number of rotatable bonds is 2. The number of amides is 1. The van der Waals surface area contributed by atoms with Gasteiger partial charge in [0, 0.05) is 6.92 Å². The van der Waals surface area contributed by atoms with Crippen LogP contribution in [0, 0.1) is 0 Å². The fourth-order valence-corrected chi connectivity index (χ4v) is 1.61. The number of benzene rings is 1. The van der Waals surface area contributed by atoms with Gasteiger partial charge in [-0.3, -0.25) is 4.79 Å². The van der Waals surface area contributed by atoms with Gasteiger partial charge >= 0.3 is 51.4 Å². The second kappa shape index (κ2) is 6.46. The zero-order chi connectivity index (χ0) is 11.6. The van der Waals surface area contributed by atoms with Gasteiger partial charge in [0.1, 0.15) is 10.1 Å². The first-order chi connectivity index (χ1) is 6.80. The minimum atomic E-state index is -4.54. The second-order valence-electron chi connectivity index (χ2n) is 2.78. The van der Waals surface area contributed by atoms with E-state index in [2.05, 4.69) is 5.32 Å². The van der Waals surface area contributed by atoms with Crippen LogP contribution in [0.5, 0.6) is 0 Å². The summed E-state index contributed by atoms with van der Waals surface area (Å²) in [5.41, 5.74) is 0.0982. The van der Waals surface area contributed by atoms with Gasteiger partial charge in [0.2, 0.25) is 5.91 Å². The Morgan fingerprint density at radius 1 is 1.44 bits per heavy atom. The standard InChI is InChI=1S/C8H8ClNO4S.K/c1-5(11)10-8-4-6(15(12,13)14)2-3-7(8)9;/h2-4H,1H3,(H,10,11)(H,12,13,14);/q;+1/p-1. The van der Waals surface area contributed by atoms with Crippen LogP contribution in [0.15, 0.2) is 23.1 Å². The van der Waals surface area contributed by atoms with E-state index in [4.69, 9.17) is 11.6 Å². The van der Waals surface area contributed by atoms with Crippen molar-refractivity contribution < 1.29 is 69.1 Å². The molecule has 8 heteroatoms. The Labute approximate surface area is 141 Å². The van der Waals surface area contributed by atoms with Gasteiger partial charge in [0.15, 0.2) is 0 Å². The van der Waals surface area contributed by atoms with Crippen LogP contribution in [-0.2, 0) is 14.9 Å². The topological polar surface area (TPSA) is 86.3 Å². The fraction of sp³-hybridized carbons (Fsp3) is 0.125. The molecule has 0 spiro atoms. The summed E-state index contributed by atoms with van der Waals surface area (Å²) in [5.74, 6) is -0.405. The van der Waals surface area contributed by atoms with Gasteiger partial charge in [-0.25, -0.2) is 8.42 Å². The van der Waals surface area contributed by atoms with E-state index < -0.39 is 20.9 Å². The first-order valence-corrected chi connectivity index (χ1v) is 5.62. The van der Waals surface area contributed by atoms with Gasteiger partial charge in [0.25, 0.3) is 0 Å². The van der Waals surface area contributed by atoms with Crippen molar-refractivity contribution in [3.05, 3.63) is 23.2 Å². The van der Waals surface area contributed by atoms with Crippen molar-refractivity contribution >= 4 is 33.3 Å². The zero-order valence-corrected chi connectivity index (χ0v) is 13.3. The summed E-state index contributed by atoms with van der Waals surface area (Å²) in [7, 11) is -4.54. The molecule has 1 N–H and O–H groups in total. The fourth-order valence-electron chi connectivity index (χ4n) is 0.945. The third kappa shape index (κ3) is 4.80. The predicted molar refractivity (Wildman–Crippen MR) is 53.7 cm³/mol. The maximum absolute atomic E-state index is 10.7. The number of halogens is 1. The number of carbonyl (C=O) groups excluding carboxylic acids is 1. The van der Waals surface area contributed by atoms with Crippen molar-refractivity contribution in [3.63, 3.8) is 0 Å². The summed E-state index contributed by atoms with van der Waals surface area (Å²) >= 11 is 5.68. The summed E-state index contributed by atoms with van der Waals surface area (Å²) in [6, 6.07) is 3.33. The van der Waals surface area contributed by atoms with E-state index in [1.54, 1.807) is 0 Å². The smallest absolute Gasteiger partial charge is 0.744 e. The van der Waals surface area contributed by atoms with Crippen LogP contribution in [0.25, 0.3) is 0 Å². The summed E-state index contributed by atoms with van der Waals surface area (Å²) < 4.78 is 32.0. The molecule has 0 heterocycles. The van der Waals surface area contributed by atoms with Crippen LogP contribution in [0.3, 0.4) is 0 Å². The molecule has 0 aliphatic carbocycles. The summed E-state index contributed by atoms with van der Waals surface area (Å²) in [5, 5.41) is 2.48. The number of hydrogen-bond acceptors (Lipinski definition) is 4. The Balaban J connectivity index is 0.00000225. The average molecular weight is 288 g/mol. The third-order valence-corrected chi connectivity index (χ3v) is 2.70. The van der Waals surface area contributed by atoms with Crippen LogP contribution in [0.1, 0.15) is 6.92 Å². The van der Waals surface area contributed by atoms with Crippen LogP contribution in [-0.4, -0.2) is 18.9 Å². The Bertz CT molecular complexity index is 503. The summed E-state index contributed by atoms with van der Waals surface area (Å²) in [6.07, 6.45) is 0. The molecule has 0 saturated carbocycles. The van der Waals surface area contributed by atoms with Gasteiger partial charge in [-0.15, -0.1) is 0 Å². The molecule has 16 heavy (non-hydrogen) atoms. The van der Waals surface area contributed by atoms with Gasteiger partial charge in [0.05, 0.1) is 15.6 Å². The second-order valence-corrected chi connectivity index (χ2v) is 4.56. The van der Waals surface area contributed by atoms with Gasteiger partial charge in [-0.2, -0.15) is 0 Å². The van der Waals surface area contributed by atoms with Crippen LogP contribution < -0.4 is 56.7 Å². The number of carbonyl (C=O) groups is 1. The molecule has 1 aromatic carbocycles. The molecule has 0 atom stereocenters. The van der Waals surface area contributed by atoms with Gasteiger partial charge in [-0.05, 0) is 18.2 Å². The Hall–Kier alpha value is 0.526. The summed E-state index contributed by atoms with van der Waals surface area (Å²) in [6.45, 7) is 1.24. The van der Waals surface area contributed by atoms with Crippen molar-refractivity contribution in [2.75, 3.05) is 5.32 Å². The summed E-state index contributed by atoms with van der Waals surface area (Å²) in [4.78, 5) is 10.3. The molecular weight excluding hydrogens is 281 g/mol. The third-order valence-electron chi connectivity index (χ3n) is 1.54. The molecule has 1 amide bonds. The van der Waals surface area contributed by atoms with Crippen molar-refractivity contribution in [3.8, 4) is 0 Å². The molecule has 1 rings (SSSR count). The first-order valence-electron chi connectivity index (χ1n) is 3.84. The van der Waals surface area contributed by atoms with E-state index in [0.717, 1.165) is 12.1 Å². The number of anilines is 1. The van der Waals surface area contributed by atoms with Crippen molar-refractivity contribution in [1.29, 1.82) is 0 Å². The quantitative estimate of drug-likeness (QED) is 0.514. The Kier molecular flexibility index (Phi) is 6.67.